The standard InChI is InChI=1S/C14H21NO2/c1-2-3-4-5-6-7-12-8-9-14(16)13(10-12)11-15-17/h8-11,16-17H,2-7H2,1H3/b15-11-. The molecule has 3 nitrogen and oxygen atoms in total. The molecule has 0 saturated heterocycles. The summed E-state index contributed by atoms with van der Waals surface area (Å²) >= 11 is 0. The van der Waals surface area contributed by atoms with Crippen LogP contribution in [0, 0.1) is 0 Å². The van der Waals surface area contributed by atoms with Gasteiger partial charge in [-0.25, -0.2) is 0 Å². The summed E-state index contributed by atoms with van der Waals surface area (Å²) in [6, 6.07) is 5.44. The van der Waals surface area contributed by atoms with Gasteiger partial charge in [0, 0.05) is 5.56 Å². The Bertz CT molecular complexity index is 361. The second-order valence-corrected chi connectivity index (χ2v) is 4.30. The minimum atomic E-state index is 0.150. The number of unbranched alkanes of at least 4 members (excludes halogenated alkanes) is 4. The van der Waals surface area contributed by atoms with E-state index in [1.807, 2.05) is 12.1 Å². The molecule has 0 bridgehead atoms. The second-order valence-electron chi connectivity index (χ2n) is 4.30. The molecule has 0 saturated carbocycles. The van der Waals surface area contributed by atoms with Crippen molar-refractivity contribution in [1.29, 1.82) is 0 Å². The molecule has 0 fully saturated rings. The van der Waals surface area contributed by atoms with Gasteiger partial charge in [-0.1, -0.05) is 43.8 Å². The summed E-state index contributed by atoms with van der Waals surface area (Å²) in [5, 5.41) is 20.9. The maximum atomic E-state index is 9.51. The van der Waals surface area contributed by atoms with E-state index < -0.39 is 0 Å². The summed E-state index contributed by atoms with van der Waals surface area (Å²) < 4.78 is 0. The predicted octanol–water partition coefficient (Wildman–Crippen LogP) is 3.71. The largest absolute Gasteiger partial charge is 0.507 e. The second kappa shape index (κ2) is 7.71. The molecule has 0 aromatic heterocycles. The van der Waals surface area contributed by atoms with Crippen LogP contribution in [0.1, 0.15) is 50.2 Å². The van der Waals surface area contributed by atoms with Crippen LogP contribution < -0.4 is 0 Å². The van der Waals surface area contributed by atoms with E-state index >= 15 is 0 Å². The first-order chi connectivity index (χ1) is 8.27. The Morgan fingerprint density at radius 2 is 1.94 bits per heavy atom. The third-order valence-corrected chi connectivity index (χ3v) is 2.86. The number of hydrogen-bond donors (Lipinski definition) is 2. The average Bonchev–Trinajstić information content (AvgIpc) is 2.33. The van der Waals surface area contributed by atoms with Crippen LogP contribution in [0.5, 0.6) is 5.75 Å². The molecule has 0 aliphatic rings. The SMILES string of the molecule is CCCCCCCc1ccc(O)c(/C=N\O)c1. The van der Waals surface area contributed by atoms with Crippen molar-refractivity contribution in [3.8, 4) is 5.75 Å². The first kappa shape index (κ1) is 13.6. The molecule has 1 rings (SSSR count). The minimum absolute atomic E-state index is 0.150. The fourth-order valence-electron chi connectivity index (χ4n) is 1.86. The number of oxime groups is 1. The highest BCUT2D eigenvalue weighted by Gasteiger charge is 2.01. The summed E-state index contributed by atoms with van der Waals surface area (Å²) in [4.78, 5) is 0. The smallest absolute Gasteiger partial charge is 0.124 e. The molecule has 1 aromatic rings. The van der Waals surface area contributed by atoms with Crippen molar-refractivity contribution in [2.75, 3.05) is 0 Å². The van der Waals surface area contributed by atoms with Gasteiger partial charge in [0.15, 0.2) is 0 Å². The molecular formula is C14H21NO2. The van der Waals surface area contributed by atoms with Gasteiger partial charge in [-0.2, -0.15) is 0 Å². The van der Waals surface area contributed by atoms with Gasteiger partial charge in [0.25, 0.3) is 0 Å². The molecule has 0 aliphatic heterocycles. The Morgan fingerprint density at radius 1 is 1.18 bits per heavy atom. The van der Waals surface area contributed by atoms with Gasteiger partial charge < -0.3 is 10.3 Å². The fraction of sp³-hybridized carbons (Fsp3) is 0.500. The Balaban J connectivity index is 2.46. The zero-order valence-corrected chi connectivity index (χ0v) is 10.4. The highest BCUT2D eigenvalue weighted by Crippen LogP contribution is 2.18. The van der Waals surface area contributed by atoms with Crippen LogP contribution in [-0.4, -0.2) is 16.5 Å². The quantitative estimate of drug-likeness (QED) is 0.327. The van der Waals surface area contributed by atoms with Gasteiger partial charge in [-0.3, -0.25) is 0 Å². The fourth-order valence-corrected chi connectivity index (χ4v) is 1.86. The first-order valence-electron chi connectivity index (χ1n) is 6.27. The van der Waals surface area contributed by atoms with E-state index in [0.717, 1.165) is 6.42 Å². The maximum Gasteiger partial charge on any atom is 0.124 e. The van der Waals surface area contributed by atoms with Gasteiger partial charge in [-0.15, -0.1) is 0 Å². The van der Waals surface area contributed by atoms with Gasteiger partial charge >= 0.3 is 0 Å². The number of hydrogen-bond acceptors (Lipinski definition) is 3. The van der Waals surface area contributed by atoms with E-state index in [1.54, 1.807) is 6.07 Å². The van der Waals surface area contributed by atoms with E-state index in [2.05, 4.69) is 12.1 Å². The number of aryl methyl sites for hydroxylation is 1. The van der Waals surface area contributed by atoms with Crippen molar-refractivity contribution in [1.82, 2.24) is 0 Å². The molecule has 3 heteroatoms. The van der Waals surface area contributed by atoms with Crippen molar-refractivity contribution in [3.63, 3.8) is 0 Å². The van der Waals surface area contributed by atoms with Crippen LogP contribution in [-0.2, 0) is 6.42 Å². The van der Waals surface area contributed by atoms with Crippen molar-refractivity contribution in [2.45, 2.75) is 45.4 Å². The van der Waals surface area contributed by atoms with Gasteiger partial charge in [-0.05, 0) is 30.5 Å². The molecule has 0 atom stereocenters. The third-order valence-electron chi connectivity index (χ3n) is 2.86. The maximum absolute atomic E-state index is 9.51. The zero-order valence-electron chi connectivity index (χ0n) is 10.4. The molecule has 0 aliphatic carbocycles. The lowest BCUT2D eigenvalue weighted by atomic mass is 10.0. The number of nitrogens with zero attached hydrogens (tertiary/aromatic N) is 1. The first-order valence-corrected chi connectivity index (χ1v) is 6.27. The van der Waals surface area contributed by atoms with Gasteiger partial charge in [0.05, 0.1) is 6.21 Å². The van der Waals surface area contributed by atoms with Gasteiger partial charge in [0.1, 0.15) is 5.75 Å². The number of benzene rings is 1. The Kier molecular flexibility index (Phi) is 6.15. The lowest BCUT2D eigenvalue weighted by Gasteiger charge is -2.04. The van der Waals surface area contributed by atoms with Crippen molar-refractivity contribution in [2.24, 2.45) is 5.16 Å². The lowest BCUT2D eigenvalue weighted by molar-refractivity contribution is 0.321. The van der Waals surface area contributed by atoms with E-state index in [0.29, 0.717) is 5.56 Å². The molecule has 0 heterocycles. The highest BCUT2D eigenvalue weighted by atomic mass is 16.4. The Morgan fingerprint density at radius 3 is 2.65 bits per heavy atom. The summed E-state index contributed by atoms with van der Waals surface area (Å²) in [5.74, 6) is 0.150. The monoisotopic (exact) mass is 235 g/mol. The van der Waals surface area contributed by atoms with Crippen LogP contribution in [0.15, 0.2) is 23.4 Å². The minimum Gasteiger partial charge on any atom is -0.507 e. The predicted molar refractivity (Wildman–Crippen MR) is 70.0 cm³/mol. The summed E-state index contributed by atoms with van der Waals surface area (Å²) in [7, 11) is 0. The topological polar surface area (TPSA) is 52.8 Å². The molecule has 2 N–H and O–H groups in total. The summed E-state index contributed by atoms with van der Waals surface area (Å²) in [6.07, 6.45) is 8.54. The van der Waals surface area contributed by atoms with E-state index in [9.17, 15) is 5.11 Å². The number of phenols is 1. The Labute approximate surface area is 103 Å². The van der Waals surface area contributed by atoms with Crippen LogP contribution in [0.4, 0.5) is 0 Å². The van der Waals surface area contributed by atoms with Crippen LogP contribution >= 0.6 is 0 Å². The number of rotatable bonds is 7. The molecule has 0 spiro atoms. The van der Waals surface area contributed by atoms with E-state index in [1.165, 1.54) is 43.9 Å². The number of aromatic hydroxyl groups is 1. The number of phenolic OH excluding ortho intramolecular Hbond substituents is 1. The van der Waals surface area contributed by atoms with Crippen LogP contribution in [0.2, 0.25) is 0 Å². The molecule has 0 radical (unpaired) electrons. The Hall–Kier alpha value is -1.51. The summed E-state index contributed by atoms with van der Waals surface area (Å²) in [6.45, 7) is 2.21. The molecular weight excluding hydrogens is 214 g/mol. The summed E-state index contributed by atoms with van der Waals surface area (Å²) in [5.41, 5.74) is 1.74. The van der Waals surface area contributed by atoms with Crippen molar-refractivity contribution in [3.05, 3.63) is 29.3 Å². The normalized spacial score (nSPS) is 11.1. The molecule has 94 valence electrons. The molecule has 0 unspecified atom stereocenters. The lowest BCUT2D eigenvalue weighted by Crippen LogP contribution is -1.90. The molecule has 0 amide bonds. The van der Waals surface area contributed by atoms with Crippen molar-refractivity contribution >= 4 is 6.21 Å². The van der Waals surface area contributed by atoms with E-state index in [4.69, 9.17) is 5.21 Å². The molecule has 1 aromatic carbocycles. The van der Waals surface area contributed by atoms with E-state index in [-0.39, 0.29) is 5.75 Å². The average molecular weight is 235 g/mol. The highest BCUT2D eigenvalue weighted by molar-refractivity contribution is 5.83. The van der Waals surface area contributed by atoms with Crippen molar-refractivity contribution < 1.29 is 10.3 Å². The van der Waals surface area contributed by atoms with Gasteiger partial charge in [0.2, 0.25) is 0 Å². The zero-order chi connectivity index (χ0) is 12.5. The molecule has 17 heavy (non-hydrogen) atoms. The van der Waals surface area contributed by atoms with Crippen LogP contribution in [0.25, 0.3) is 0 Å². The van der Waals surface area contributed by atoms with Crippen LogP contribution in [0.3, 0.4) is 0 Å². The third kappa shape index (κ3) is 4.89.